The first kappa shape index (κ1) is 32.4. The third-order valence-corrected chi connectivity index (χ3v) is 6.59. The van der Waals surface area contributed by atoms with E-state index in [0.29, 0.717) is 32.6 Å². The number of hydrogen-bond acceptors (Lipinski definition) is 4. The quantitative estimate of drug-likeness (QED) is 0.125. The zero-order chi connectivity index (χ0) is 24.2. The predicted octanol–water partition coefficient (Wildman–Crippen LogP) is 6.21. The molecule has 0 bridgehead atoms. The van der Waals surface area contributed by atoms with Crippen molar-refractivity contribution < 1.29 is 15.0 Å². The van der Waals surface area contributed by atoms with E-state index in [-0.39, 0.29) is 19.1 Å². The second kappa shape index (κ2) is 27.6. The molecule has 1 amide bonds. The summed E-state index contributed by atoms with van der Waals surface area (Å²) in [6.45, 7) is 4.77. The van der Waals surface area contributed by atoms with Crippen LogP contribution in [0.5, 0.6) is 0 Å². The van der Waals surface area contributed by atoms with Crippen molar-refractivity contribution in [1.29, 1.82) is 0 Å². The third-order valence-electron chi connectivity index (χ3n) is 6.59. The molecule has 33 heavy (non-hydrogen) atoms. The average molecular weight is 471 g/mol. The lowest BCUT2D eigenvalue weighted by Gasteiger charge is -2.20. The first-order valence-electron chi connectivity index (χ1n) is 14.4. The number of nitrogens with zero attached hydrogens (tertiary/aromatic N) is 1. The number of aliphatic hydroxyl groups is 2. The number of carbonyl (C=O) groups excluding carboxylic acids is 1. The van der Waals surface area contributed by atoms with Gasteiger partial charge in [0.2, 0.25) is 5.91 Å². The Balaban J connectivity index is 3.23. The van der Waals surface area contributed by atoms with Crippen LogP contribution in [0, 0.1) is 0 Å². The monoisotopic (exact) mass is 470 g/mol. The van der Waals surface area contributed by atoms with Gasteiger partial charge in [0.05, 0.1) is 13.2 Å². The molecular formula is C28H58N2O3. The Bertz CT molecular complexity index is 387. The molecule has 0 unspecified atom stereocenters. The fourth-order valence-electron chi connectivity index (χ4n) is 4.42. The van der Waals surface area contributed by atoms with Gasteiger partial charge in [-0.2, -0.15) is 0 Å². The van der Waals surface area contributed by atoms with E-state index >= 15 is 0 Å². The van der Waals surface area contributed by atoms with E-state index in [1.165, 1.54) is 109 Å². The molecule has 0 saturated heterocycles. The van der Waals surface area contributed by atoms with Gasteiger partial charge < -0.3 is 15.5 Å². The lowest BCUT2D eigenvalue weighted by Crippen LogP contribution is -2.37. The molecule has 5 heteroatoms. The topological polar surface area (TPSA) is 72.8 Å². The van der Waals surface area contributed by atoms with Gasteiger partial charge in [0.15, 0.2) is 0 Å². The Labute approximate surface area is 206 Å². The number of hydrogen-bond donors (Lipinski definition) is 3. The molecule has 0 aromatic rings. The van der Waals surface area contributed by atoms with E-state index in [1.807, 2.05) is 4.90 Å². The fourth-order valence-corrected chi connectivity index (χ4v) is 4.42. The van der Waals surface area contributed by atoms with E-state index in [9.17, 15) is 4.79 Å². The van der Waals surface area contributed by atoms with Crippen molar-refractivity contribution in [3.63, 3.8) is 0 Å². The lowest BCUT2D eigenvalue weighted by atomic mass is 10.0. The molecule has 0 aromatic heterocycles. The van der Waals surface area contributed by atoms with E-state index < -0.39 is 0 Å². The zero-order valence-electron chi connectivity index (χ0n) is 22.1. The second-order valence-corrected chi connectivity index (χ2v) is 9.75. The van der Waals surface area contributed by atoms with Crippen molar-refractivity contribution in [2.45, 2.75) is 135 Å². The Morgan fingerprint density at radius 2 is 0.939 bits per heavy atom. The van der Waals surface area contributed by atoms with Gasteiger partial charge in [0, 0.05) is 32.6 Å². The van der Waals surface area contributed by atoms with Crippen molar-refractivity contribution in [3.05, 3.63) is 0 Å². The maximum Gasteiger partial charge on any atom is 0.220 e. The molecule has 0 atom stereocenters. The van der Waals surface area contributed by atoms with Crippen LogP contribution in [0.15, 0.2) is 0 Å². The van der Waals surface area contributed by atoms with Crippen molar-refractivity contribution in [1.82, 2.24) is 10.2 Å². The van der Waals surface area contributed by atoms with Gasteiger partial charge in [0.25, 0.3) is 0 Å². The molecule has 5 nitrogen and oxygen atoms in total. The average Bonchev–Trinajstić information content (AvgIpc) is 2.81. The maximum atomic E-state index is 11.9. The number of unbranched alkanes of at least 4 members (excludes halogenated alkanes) is 18. The largest absolute Gasteiger partial charge is 0.395 e. The molecular weight excluding hydrogens is 412 g/mol. The molecule has 0 saturated carbocycles. The standard InChI is InChI=1S/C28H58N2O3/c1-2-3-4-5-6-7-8-9-10-11-12-13-14-15-16-17-18-19-20-21-28(33)29-22-23-30(24-26-31)25-27-32/h31-32H,2-27H2,1H3,(H,29,33). The normalized spacial score (nSPS) is 11.4. The van der Waals surface area contributed by atoms with Crippen LogP contribution >= 0.6 is 0 Å². The van der Waals surface area contributed by atoms with Crippen molar-refractivity contribution in [2.24, 2.45) is 0 Å². The highest BCUT2D eigenvalue weighted by Crippen LogP contribution is 2.14. The van der Waals surface area contributed by atoms with Gasteiger partial charge in [-0.3, -0.25) is 9.69 Å². The highest BCUT2D eigenvalue weighted by atomic mass is 16.3. The SMILES string of the molecule is CCCCCCCCCCCCCCCCCCCCCC(=O)NCCN(CCO)CCO. The number of aliphatic hydroxyl groups excluding tert-OH is 2. The van der Waals surface area contributed by atoms with Gasteiger partial charge in [-0.05, 0) is 6.42 Å². The maximum absolute atomic E-state index is 11.9. The predicted molar refractivity (Wildman–Crippen MR) is 142 cm³/mol. The van der Waals surface area contributed by atoms with E-state index in [1.54, 1.807) is 0 Å². The second-order valence-electron chi connectivity index (χ2n) is 9.75. The molecule has 0 aromatic carbocycles. The summed E-state index contributed by atoms with van der Waals surface area (Å²) in [5, 5.41) is 20.9. The smallest absolute Gasteiger partial charge is 0.220 e. The molecule has 0 heterocycles. The summed E-state index contributed by atoms with van der Waals surface area (Å²) in [6, 6.07) is 0. The minimum absolute atomic E-state index is 0.0767. The third kappa shape index (κ3) is 25.8. The molecule has 3 N–H and O–H groups in total. The van der Waals surface area contributed by atoms with Crippen LogP contribution in [-0.2, 0) is 4.79 Å². The summed E-state index contributed by atoms with van der Waals surface area (Å²) >= 11 is 0. The van der Waals surface area contributed by atoms with E-state index in [2.05, 4.69) is 12.2 Å². The summed E-state index contributed by atoms with van der Waals surface area (Å²) in [4.78, 5) is 13.9. The van der Waals surface area contributed by atoms with Crippen molar-refractivity contribution in [2.75, 3.05) is 39.4 Å². The molecule has 0 aliphatic heterocycles. The van der Waals surface area contributed by atoms with Crippen LogP contribution < -0.4 is 5.32 Å². The molecule has 0 spiro atoms. The minimum atomic E-state index is 0.0767. The molecule has 198 valence electrons. The fraction of sp³-hybridized carbons (Fsp3) is 0.964. The highest BCUT2D eigenvalue weighted by Gasteiger charge is 2.05. The highest BCUT2D eigenvalue weighted by molar-refractivity contribution is 5.75. The summed E-state index contributed by atoms with van der Waals surface area (Å²) in [5.41, 5.74) is 0. The number of carbonyl (C=O) groups is 1. The van der Waals surface area contributed by atoms with E-state index in [0.717, 1.165) is 12.8 Å². The summed E-state index contributed by atoms with van der Waals surface area (Å²) in [5.74, 6) is 0.120. The summed E-state index contributed by atoms with van der Waals surface area (Å²) < 4.78 is 0. The molecule has 0 aliphatic rings. The van der Waals surface area contributed by atoms with Gasteiger partial charge in [-0.15, -0.1) is 0 Å². The van der Waals surface area contributed by atoms with Crippen LogP contribution in [-0.4, -0.2) is 60.4 Å². The Morgan fingerprint density at radius 1 is 0.576 bits per heavy atom. The molecule has 0 aliphatic carbocycles. The zero-order valence-corrected chi connectivity index (χ0v) is 22.1. The van der Waals surface area contributed by atoms with Crippen molar-refractivity contribution >= 4 is 5.91 Å². The Morgan fingerprint density at radius 3 is 1.30 bits per heavy atom. The van der Waals surface area contributed by atoms with Gasteiger partial charge in [0.1, 0.15) is 0 Å². The van der Waals surface area contributed by atoms with Crippen LogP contribution in [0.1, 0.15) is 135 Å². The van der Waals surface area contributed by atoms with Gasteiger partial charge in [-0.1, -0.05) is 122 Å². The summed E-state index contributed by atoms with van der Waals surface area (Å²) in [6.07, 6.45) is 26.5. The van der Waals surface area contributed by atoms with Crippen molar-refractivity contribution in [3.8, 4) is 0 Å². The Hall–Kier alpha value is -0.650. The number of nitrogens with one attached hydrogen (secondary N) is 1. The first-order chi connectivity index (χ1) is 16.2. The van der Waals surface area contributed by atoms with Crippen LogP contribution in [0.25, 0.3) is 0 Å². The van der Waals surface area contributed by atoms with Crippen LogP contribution in [0.2, 0.25) is 0 Å². The van der Waals surface area contributed by atoms with Crippen LogP contribution in [0.4, 0.5) is 0 Å². The van der Waals surface area contributed by atoms with Gasteiger partial charge >= 0.3 is 0 Å². The minimum Gasteiger partial charge on any atom is -0.395 e. The van der Waals surface area contributed by atoms with Gasteiger partial charge in [-0.25, -0.2) is 0 Å². The molecule has 0 fully saturated rings. The summed E-state index contributed by atoms with van der Waals surface area (Å²) in [7, 11) is 0. The van der Waals surface area contributed by atoms with Crippen LogP contribution in [0.3, 0.4) is 0 Å². The molecule has 0 radical (unpaired) electrons. The molecule has 0 rings (SSSR count). The van der Waals surface area contributed by atoms with E-state index in [4.69, 9.17) is 10.2 Å². The lowest BCUT2D eigenvalue weighted by molar-refractivity contribution is -0.121. The number of amides is 1. The number of rotatable bonds is 27. The Kier molecular flexibility index (Phi) is 27.0. The first-order valence-corrected chi connectivity index (χ1v) is 14.4.